The fraction of sp³-hybridized carbons (Fsp3) is 0.0769. The summed E-state index contributed by atoms with van der Waals surface area (Å²) in [5, 5.41) is 3.85. The molecule has 1 nitrogen and oxygen atoms in total. The Hall–Kier alpha value is -1.06. The Morgan fingerprint density at radius 3 is 2.71 bits per heavy atom. The summed E-state index contributed by atoms with van der Waals surface area (Å²) in [6.45, 7) is 0.552. The van der Waals surface area contributed by atoms with E-state index in [0.717, 1.165) is 15.7 Å². The van der Waals surface area contributed by atoms with Gasteiger partial charge in [0.2, 0.25) is 0 Å². The van der Waals surface area contributed by atoms with Crippen LogP contribution in [0.4, 0.5) is 10.1 Å². The Bertz CT molecular complexity index is 531. The molecule has 0 radical (unpaired) electrons. The van der Waals surface area contributed by atoms with Gasteiger partial charge in [0.1, 0.15) is 5.82 Å². The van der Waals surface area contributed by atoms with Crippen LogP contribution >= 0.6 is 27.5 Å². The van der Waals surface area contributed by atoms with Crippen LogP contribution in [0.3, 0.4) is 0 Å². The second kappa shape index (κ2) is 5.52. The number of halogens is 3. The number of benzene rings is 2. The SMILES string of the molecule is Fc1cccc(CNc2cccc(Cl)c2Br)c1. The zero-order valence-electron chi connectivity index (χ0n) is 8.88. The fourth-order valence-electron chi connectivity index (χ4n) is 1.48. The van der Waals surface area contributed by atoms with Crippen LogP contribution < -0.4 is 5.32 Å². The van der Waals surface area contributed by atoms with E-state index in [2.05, 4.69) is 21.2 Å². The summed E-state index contributed by atoms with van der Waals surface area (Å²) >= 11 is 9.37. The maximum absolute atomic E-state index is 13.0. The van der Waals surface area contributed by atoms with Crippen molar-refractivity contribution in [2.75, 3.05) is 5.32 Å². The largest absolute Gasteiger partial charge is 0.380 e. The average Bonchev–Trinajstić information content (AvgIpc) is 2.31. The van der Waals surface area contributed by atoms with E-state index in [1.54, 1.807) is 12.1 Å². The Morgan fingerprint density at radius 1 is 1.18 bits per heavy atom. The van der Waals surface area contributed by atoms with Gasteiger partial charge in [-0.1, -0.05) is 29.8 Å². The lowest BCUT2D eigenvalue weighted by Crippen LogP contribution is -2.00. The van der Waals surface area contributed by atoms with Crippen molar-refractivity contribution in [3.8, 4) is 0 Å². The van der Waals surface area contributed by atoms with Crippen LogP contribution in [0.2, 0.25) is 5.02 Å². The highest BCUT2D eigenvalue weighted by molar-refractivity contribution is 9.10. The van der Waals surface area contributed by atoms with E-state index in [-0.39, 0.29) is 5.82 Å². The van der Waals surface area contributed by atoms with E-state index in [9.17, 15) is 4.39 Å². The fourth-order valence-corrected chi connectivity index (χ4v) is 2.06. The van der Waals surface area contributed by atoms with Crippen LogP contribution in [0, 0.1) is 5.82 Å². The predicted octanol–water partition coefficient (Wildman–Crippen LogP) is 4.85. The van der Waals surface area contributed by atoms with Gasteiger partial charge in [0, 0.05) is 6.54 Å². The molecule has 4 heteroatoms. The molecule has 2 rings (SSSR count). The lowest BCUT2D eigenvalue weighted by atomic mass is 10.2. The Labute approximate surface area is 113 Å². The van der Waals surface area contributed by atoms with Crippen LogP contribution in [0.25, 0.3) is 0 Å². The highest BCUT2D eigenvalue weighted by Crippen LogP contribution is 2.30. The second-order valence-electron chi connectivity index (χ2n) is 3.58. The summed E-state index contributed by atoms with van der Waals surface area (Å²) in [7, 11) is 0. The Morgan fingerprint density at radius 2 is 1.94 bits per heavy atom. The van der Waals surface area contributed by atoms with Gasteiger partial charge in [-0.2, -0.15) is 0 Å². The molecule has 0 aliphatic carbocycles. The maximum atomic E-state index is 13.0. The van der Waals surface area contributed by atoms with Gasteiger partial charge < -0.3 is 5.32 Å². The highest BCUT2D eigenvalue weighted by atomic mass is 79.9. The molecule has 0 saturated heterocycles. The summed E-state index contributed by atoms with van der Waals surface area (Å²) in [5.41, 5.74) is 1.78. The topological polar surface area (TPSA) is 12.0 Å². The summed E-state index contributed by atoms with van der Waals surface area (Å²) < 4.78 is 13.8. The number of hydrogen-bond acceptors (Lipinski definition) is 1. The first kappa shape index (κ1) is 12.4. The predicted molar refractivity (Wildman–Crippen MR) is 72.9 cm³/mol. The van der Waals surface area contributed by atoms with Gasteiger partial charge in [0.15, 0.2) is 0 Å². The lowest BCUT2D eigenvalue weighted by molar-refractivity contribution is 0.626. The molecule has 0 saturated carbocycles. The van der Waals surface area contributed by atoms with Gasteiger partial charge in [-0.25, -0.2) is 4.39 Å². The number of rotatable bonds is 3. The molecule has 0 aliphatic rings. The molecule has 0 fully saturated rings. The van der Waals surface area contributed by atoms with Crippen LogP contribution in [0.1, 0.15) is 5.56 Å². The van der Waals surface area contributed by atoms with Crippen LogP contribution in [0.15, 0.2) is 46.9 Å². The molecule has 88 valence electrons. The Balaban J connectivity index is 2.10. The highest BCUT2D eigenvalue weighted by Gasteiger charge is 2.03. The first-order valence-electron chi connectivity index (χ1n) is 5.09. The summed E-state index contributed by atoms with van der Waals surface area (Å²) in [5.74, 6) is -0.227. The minimum Gasteiger partial charge on any atom is -0.380 e. The summed E-state index contributed by atoms with van der Waals surface area (Å²) in [4.78, 5) is 0. The molecule has 0 amide bonds. The standard InChI is InChI=1S/C13H10BrClFN/c14-13-11(15)5-2-6-12(13)17-8-9-3-1-4-10(16)7-9/h1-7,17H,8H2. The van der Waals surface area contributed by atoms with Crippen molar-refractivity contribution in [3.05, 3.63) is 63.3 Å². The minimum atomic E-state index is -0.227. The Kier molecular flexibility index (Phi) is 4.02. The molecule has 17 heavy (non-hydrogen) atoms. The minimum absolute atomic E-state index is 0.227. The summed E-state index contributed by atoms with van der Waals surface area (Å²) in [6, 6.07) is 12.1. The molecule has 0 unspecified atom stereocenters. The molecule has 0 heterocycles. The molecule has 0 atom stereocenters. The zero-order chi connectivity index (χ0) is 12.3. The third-order valence-corrected chi connectivity index (χ3v) is 3.72. The zero-order valence-corrected chi connectivity index (χ0v) is 11.2. The first-order valence-corrected chi connectivity index (χ1v) is 6.26. The second-order valence-corrected chi connectivity index (χ2v) is 4.79. The maximum Gasteiger partial charge on any atom is 0.123 e. The molecule has 0 aromatic heterocycles. The van der Waals surface area contributed by atoms with Crippen LogP contribution in [-0.4, -0.2) is 0 Å². The quantitative estimate of drug-likeness (QED) is 0.853. The van der Waals surface area contributed by atoms with Crippen molar-refractivity contribution in [3.63, 3.8) is 0 Å². The van der Waals surface area contributed by atoms with Crippen LogP contribution in [-0.2, 0) is 6.54 Å². The third-order valence-electron chi connectivity index (χ3n) is 2.32. The number of nitrogens with one attached hydrogen (secondary N) is 1. The van der Waals surface area contributed by atoms with Gasteiger partial charge >= 0.3 is 0 Å². The number of anilines is 1. The van der Waals surface area contributed by atoms with Gasteiger partial charge in [0.05, 0.1) is 15.2 Å². The summed E-state index contributed by atoms with van der Waals surface area (Å²) in [6.07, 6.45) is 0. The lowest BCUT2D eigenvalue weighted by Gasteiger charge is -2.09. The normalized spacial score (nSPS) is 10.3. The van der Waals surface area contributed by atoms with Crippen molar-refractivity contribution < 1.29 is 4.39 Å². The molecular formula is C13H10BrClFN. The van der Waals surface area contributed by atoms with E-state index >= 15 is 0 Å². The van der Waals surface area contributed by atoms with E-state index < -0.39 is 0 Å². The van der Waals surface area contributed by atoms with Crippen molar-refractivity contribution >= 4 is 33.2 Å². The molecule has 1 N–H and O–H groups in total. The van der Waals surface area contributed by atoms with E-state index in [0.29, 0.717) is 11.6 Å². The van der Waals surface area contributed by atoms with Gasteiger partial charge in [-0.3, -0.25) is 0 Å². The monoisotopic (exact) mass is 313 g/mol. The van der Waals surface area contributed by atoms with Gasteiger partial charge in [-0.15, -0.1) is 0 Å². The number of hydrogen-bond donors (Lipinski definition) is 1. The van der Waals surface area contributed by atoms with E-state index in [1.165, 1.54) is 12.1 Å². The van der Waals surface area contributed by atoms with Crippen molar-refractivity contribution in [1.29, 1.82) is 0 Å². The average molecular weight is 315 g/mol. The van der Waals surface area contributed by atoms with Gasteiger partial charge in [-0.05, 0) is 45.8 Å². The third kappa shape index (κ3) is 3.20. The smallest absolute Gasteiger partial charge is 0.123 e. The molecular weight excluding hydrogens is 305 g/mol. The first-order chi connectivity index (χ1) is 8.16. The van der Waals surface area contributed by atoms with Crippen molar-refractivity contribution in [2.24, 2.45) is 0 Å². The molecule has 0 bridgehead atoms. The van der Waals surface area contributed by atoms with Gasteiger partial charge in [0.25, 0.3) is 0 Å². The van der Waals surface area contributed by atoms with E-state index in [1.807, 2.05) is 18.2 Å². The van der Waals surface area contributed by atoms with Crippen LogP contribution in [0.5, 0.6) is 0 Å². The van der Waals surface area contributed by atoms with E-state index in [4.69, 9.17) is 11.6 Å². The van der Waals surface area contributed by atoms with Crippen molar-refractivity contribution in [2.45, 2.75) is 6.54 Å². The molecule has 2 aromatic carbocycles. The van der Waals surface area contributed by atoms with Crippen molar-refractivity contribution in [1.82, 2.24) is 0 Å². The molecule has 2 aromatic rings. The molecule has 0 spiro atoms. The molecule has 0 aliphatic heterocycles.